The molecule has 7 heteroatoms. The Labute approximate surface area is 185 Å². The molecule has 0 aliphatic heterocycles. The normalized spacial score (nSPS) is 11.9. The Morgan fingerprint density at radius 3 is 2.00 bits per heavy atom. The number of halogens is 2. The summed E-state index contributed by atoms with van der Waals surface area (Å²) >= 11 is 0. The van der Waals surface area contributed by atoms with Crippen molar-refractivity contribution >= 4 is 12.0 Å². The zero-order chi connectivity index (χ0) is 22.9. The Morgan fingerprint density at radius 1 is 0.844 bits per heavy atom. The van der Waals surface area contributed by atoms with E-state index in [0.29, 0.717) is 11.5 Å². The highest BCUT2D eigenvalue weighted by atomic mass is 19.3. The first-order valence-electron chi connectivity index (χ1n) is 9.80. The van der Waals surface area contributed by atoms with Crippen molar-refractivity contribution in [1.82, 2.24) is 5.32 Å². The fourth-order valence-electron chi connectivity index (χ4n) is 3.13. The Kier molecular flexibility index (Phi) is 7.80. The molecule has 3 rings (SSSR count). The number of carbonyl (C=O) groups is 1. The van der Waals surface area contributed by atoms with Gasteiger partial charge in [-0.3, -0.25) is 4.79 Å². The number of carbonyl (C=O) groups excluding carboxylic acids is 1. The molecule has 166 valence electrons. The number of benzene rings is 3. The van der Waals surface area contributed by atoms with E-state index in [1.807, 2.05) is 30.3 Å². The number of hydrogen-bond acceptors (Lipinski definition) is 4. The summed E-state index contributed by atoms with van der Waals surface area (Å²) in [6.45, 7) is -2.90. The lowest BCUT2D eigenvalue weighted by Crippen LogP contribution is -2.27. The van der Waals surface area contributed by atoms with E-state index in [1.54, 1.807) is 50.6 Å². The molecular formula is C25H23F2NO4. The number of nitrogens with one attached hydrogen (secondary N) is 1. The highest BCUT2D eigenvalue weighted by molar-refractivity contribution is 5.92. The molecule has 5 nitrogen and oxygen atoms in total. The summed E-state index contributed by atoms with van der Waals surface area (Å²) in [6, 6.07) is 20.4. The maximum Gasteiger partial charge on any atom is 0.387 e. The summed E-state index contributed by atoms with van der Waals surface area (Å²) in [5, 5.41) is 2.96. The van der Waals surface area contributed by atoms with E-state index in [4.69, 9.17) is 9.47 Å². The lowest BCUT2D eigenvalue weighted by atomic mass is 9.98. The van der Waals surface area contributed by atoms with Crippen LogP contribution in [0.15, 0.2) is 78.9 Å². The Hall–Kier alpha value is -3.87. The van der Waals surface area contributed by atoms with Crippen LogP contribution in [0.25, 0.3) is 6.08 Å². The van der Waals surface area contributed by atoms with Crippen LogP contribution >= 0.6 is 0 Å². The molecule has 0 heterocycles. The van der Waals surface area contributed by atoms with Gasteiger partial charge in [0.2, 0.25) is 5.91 Å². The van der Waals surface area contributed by atoms with Crippen LogP contribution in [-0.2, 0) is 4.79 Å². The Bertz CT molecular complexity index is 1030. The predicted octanol–water partition coefficient (Wildman–Crippen LogP) is 5.22. The number of rotatable bonds is 9. The van der Waals surface area contributed by atoms with E-state index in [1.165, 1.54) is 18.2 Å². The molecule has 32 heavy (non-hydrogen) atoms. The molecule has 3 aromatic carbocycles. The highest BCUT2D eigenvalue weighted by Gasteiger charge is 2.16. The molecule has 0 aliphatic rings. The van der Waals surface area contributed by atoms with Gasteiger partial charge >= 0.3 is 6.61 Å². The van der Waals surface area contributed by atoms with E-state index >= 15 is 0 Å². The third-order valence-electron chi connectivity index (χ3n) is 4.66. The SMILES string of the molecule is COc1cc(/C=C/C(=O)NC(c2ccccc2)c2ccc(OC(F)F)cc2)cc(OC)c1. The largest absolute Gasteiger partial charge is 0.497 e. The van der Waals surface area contributed by atoms with Crippen LogP contribution < -0.4 is 19.5 Å². The molecule has 1 amide bonds. The van der Waals surface area contributed by atoms with Crippen molar-refractivity contribution in [2.45, 2.75) is 12.7 Å². The average molecular weight is 439 g/mol. The van der Waals surface area contributed by atoms with Gasteiger partial charge in [-0.15, -0.1) is 0 Å². The minimum Gasteiger partial charge on any atom is -0.497 e. The van der Waals surface area contributed by atoms with Crippen LogP contribution in [0.2, 0.25) is 0 Å². The third-order valence-corrected chi connectivity index (χ3v) is 4.66. The molecule has 0 aromatic heterocycles. The quantitative estimate of drug-likeness (QED) is 0.464. The van der Waals surface area contributed by atoms with Gasteiger partial charge in [0.1, 0.15) is 17.2 Å². The zero-order valence-electron chi connectivity index (χ0n) is 17.6. The van der Waals surface area contributed by atoms with Gasteiger partial charge in [-0.2, -0.15) is 8.78 Å². The molecule has 0 saturated carbocycles. The maximum atomic E-state index is 12.7. The van der Waals surface area contributed by atoms with Crippen LogP contribution in [0.1, 0.15) is 22.7 Å². The van der Waals surface area contributed by atoms with Gasteiger partial charge in [0.15, 0.2) is 0 Å². The summed E-state index contributed by atoms with van der Waals surface area (Å²) in [5.41, 5.74) is 2.31. The molecule has 0 spiro atoms. The molecule has 1 atom stereocenters. The summed E-state index contributed by atoms with van der Waals surface area (Å²) < 4.78 is 39.8. The molecule has 3 aromatic rings. The van der Waals surface area contributed by atoms with Gasteiger partial charge in [0.25, 0.3) is 0 Å². The first-order chi connectivity index (χ1) is 15.5. The first kappa shape index (κ1) is 22.8. The van der Waals surface area contributed by atoms with Crippen LogP contribution in [0, 0.1) is 0 Å². The number of ether oxygens (including phenoxy) is 3. The second-order valence-corrected chi connectivity index (χ2v) is 6.78. The summed E-state index contributed by atoms with van der Waals surface area (Å²) in [5.74, 6) is 0.942. The van der Waals surface area contributed by atoms with Gasteiger partial charge in [-0.1, -0.05) is 42.5 Å². The number of hydrogen-bond donors (Lipinski definition) is 1. The van der Waals surface area contributed by atoms with E-state index in [-0.39, 0.29) is 11.7 Å². The summed E-state index contributed by atoms with van der Waals surface area (Å²) in [7, 11) is 3.11. The maximum absolute atomic E-state index is 12.7. The van der Waals surface area contributed by atoms with Crippen molar-refractivity contribution in [2.24, 2.45) is 0 Å². The van der Waals surface area contributed by atoms with Crippen molar-refractivity contribution in [3.63, 3.8) is 0 Å². The lowest BCUT2D eigenvalue weighted by Gasteiger charge is -2.19. The Balaban J connectivity index is 1.81. The molecule has 1 unspecified atom stereocenters. The number of alkyl halides is 2. The van der Waals surface area contributed by atoms with Gasteiger partial charge in [0, 0.05) is 12.1 Å². The van der Waals surface area contributed by atoms with E-state index < -0.39 is 12.7 Å². The van der Waals surface area contributed by atoms with E-state index in [2.05, 4.69) is 10.1 Å². The molecule has 1 N–H and O–H groups in total. The molecule has 0 saturated heterocycles. The van der Waals surface area contributed by atoms with Crippen LogP contribution in [0.5, 0.6) is 17.2 Å². The zero-order valence-corrected chi connectivity index (χ0v) is 17.6. The monoisotopic (exact) mass is 439 g/mol. The second kappa shape index (κ2) is 10.9. The number of methoxy groups -OCH3 is 2. The molecule has 0 fully saturated rings. The van der Waals surface area contributed by atoms with Gasteiger partial charge < -0.3 is 19.5 Å². The molecule has 0 aliphatic carbocycles. The number of amides is 1. The van der Waals surface area contributed by atoms with E-state index in [9.17, 15) is 13.6 Å². The first-order valence-corrected chi connectivity index (χ1v) is 9.80. The standard InChI is InChI=1S/C25H23F2NO4/c1-30-21-14-17(15-22(16-21)31-2)8-13-23(29)28-24(18-6-4-3-5-7-18)19-9-11-20(12-10-19)32-25(26)27/h3-16,24-25H,1-2H3,(H,28,29)/b13-8+. The minimum absolute atomic E-state index is 0.0498. The predicted molar refractivity (Wildman–Crippen MR) is 118 cm³/mol. The van der Waals surface area contributed by atoms with Crippen molar-refractivity contribution in [3.8, 4) is 17.2 Å². The Morgan fingerprint density at radius 2 is 1.44 bits per heavy atom. The fraction of sp³-hybridized carbons (Fsp3) is 0.160. The van der Waals surface area contributed by atoms with Gasteiger partial charge in [-0.05, 0) is 47.0 Å². The molecule has 0 bridgehead atoms. The van der Waals surface area contributed by atoms with Crippen LogP contribution in [-0.4, -0.2) is 26.7 Å². The minimum atomic E-state index is -2.90. The van der Waals surface area contributed by atoms with Gasteiger partial charge in [0.05, 0.1) is 20.3 Å². The lowest BCUT2D eigenvalue weighted by molar-refractivity contribution is -0.116. The topological polar surface area (TPSA) is 56.8 Å². The van der Waals surface area contributed by atoms with Gasteiger partial charge in [-0.25, -0.2) is 0 Å². The van der Waals surface area contributed by atoms with Crippen molar-refractivity contribution in [1.29, 1.82) is 0 Å². The molecule has 0 radical (unpaired) electrons. The third kappa shape index (κ3) is 6.31. The molecular weight excluding hydrogens is 416 g/mol. The highest BCUT2D eigenvalue weighted by Crippen LogP contribution is 2.26. The van der Waals surface area contributed by atoms with Crippen molar-refractivity contribution in [2.75, 3.05) is 14.2 Å². The van der Waals surface area contributed by atoms with E-state index in [0.717, 1.165) is 16.7 Å². The summed E-state index contributed by atoms with van der Waals surface area (Å²) in [6.07, 6.45) is 3.07. The second-order valence-electron chi connectivity index (χ2n) is 6.78. The smallest absolute Gasteiger partial charge is 0.387 e. The summed E-state index contributed by atoms with van der Waals surface area (Å²) in [4.78, 5) is 12.7. The van der Waals surface area contributed by atoms with Crippen molar-refractivity contribution < 1.29 is 27.8 Å². The van der Waals surface area contributed by atoms with Crippen molar-refractivity contribution in [3.05, 3.63) is 95.6 Å². The van der Waals surface area contributed by atoms with Crippen LogP contribution in [0.4, 0.5) is 8.78 Å². The fourth-order valence-corrected chi connectivity index (χ4v) is 3.13. The average Bonchev–Trinajstić information content (AvgIpc) is 2.81. The van der Waals surface area contributed by atoms with Crippen LogP contribution in [0.3, 0.4) is 0 Å².